The van der Waals surface area contributed by atoms with Crippen LogP contribution in [0, 0.1) is 0 Å². The summed E-state index contributed by atoms with van der Waals surface area (Å²) in [7, 11) is 0. The lowest BCUT2D eigenvalue weighted by Crippen LogP contribution is -2.07. The van der Waals surface area contributed by atoms with Crippen molar-refractivity contribution in [2.75, 3.05) is 13.2 Å². The van der Waals surface area contributed by atoms with Crippen LogP contribution in [0.25, 0.3) is 0 Å². The van der Waals surface area contributed by atoms with Gasteiger partial charge in [0.1, 0.15) is 5.78 Å². The van der Waals surface area contributed by atoms with E-state index in [-0.39, 0.29) is 5.78 Å². The van der Waals surface area contributed by atoms with Crippen molar-refractivity contribution >= 4 is 21.7 Å². The van der Waals surface area contributed by atoms with Gasteiger partial charge < -0.3 is 4.74 Å². The summed E-state index contributed by atoms with van der Waals surface area (Å²) in [6, 6.07) is 7.79. The molecule has 0 spiro atoms. The highest BCUT2D eigenvalue weighted by atomic mass is 79.9. The van der Waals surface area contributed by atoms with Crippen molar-refractivity contribution in [3.8, 4) is 0 Å². The van der Waals surface area contributed by atoms with Crippen molar-refractivity contribution in [3.63, 3.8) is 0 Å². The van der Waals surface area contributed by atoms with E-state index >= 15 is 0 Å². The van der Waals surface area contributed by atoms with Crippen LogP contribution < -0.4 is 0 Å². The lowest BCUT2D eigenvalue weighted by Gasteiger charge is -2.03. The van der Waals surface area contributed by atoms with Gasteiger partial charge in [-0.1, -0.05) is 34.1 Å². The minimum Gasteiger partial charge on any atom is -0.381 e. The molecule has 3 heteroatoms. The molecular weight excluding hydrogens is 256 g/mol. The Bertz CT molecular complexity index is 323. The zero-order valence-electron chi connectivity index (χ0n) is 8.83. The van der Waals surface area contributed by atoms with Crippen LogP contribution in [0.3, 0.4) is 0 Å². The molecule has 1 rings (SSSR count). The Morgan fingerprint density at radius 1 is 1.40 bits per heavy atom. The fourth-order valence-electron chi connectivity index (χ4n) is 1.27. The first-order chi connectivity index (χ1) is 7.24. The lowest BCUT2D eigenvalue weighted by atomic mass is 10.1. The maximum Gasteiger partial charge on any atom is 0.139 e. The first-order valence-corrected chi connectivity index (χ1v) is 5.86. The molecule has 0 saturated carbocycles. The summed E-state index contributed by atoms with van der Waals surface area (Å²) < 4.78 is 6.13. The fourth-order valence-corrected chi connectivity index (χ4v) is 1.70. The van der Waals surface area contributed by atoms with Gasteiger partial charge >= 0.3 is 0 Å². The maximum atomic E-state index is 11.5. The van der Waals surface area contributed by atoms with Gasteiger partial charge in [0.2, 0.25) is 0 Å². The lowest BCUT2D eigenvalue weighted by molar-refractivity contribution is -0.119. The molecule has 0 bridgehead atoms. The van der Waals surface area contributed by atoms with Crippen molar-refractivity contribution in [2.45, 2.75) is 19.8 Å². The predicted octanol–water partition coefficient (Wildman–Crippen LogP) is 2.99. The highest BCUT2D eigenvalue weighted by Gasteiger charge is 2.05. The normalized spacial score (nSPS) is 10.3. The molecule has 0 saturated heterocycles. The van der Waals surface area contributed by atoms with E-state index in [9.17, 15) is 4.79 Å². The van der Waals surface area contributed by atoms with Gasteiger partial charge in [0.15, 0.2) is 0 Å². The van der Waals surface area contributed by atoms with Crippen LogP contribution >= 0.6 is 15.9 Å². The third kappa shape index (κ3) is 4.58. The number of ketones is 1. The zero-order chi connectivity index (χ0) is 11.1. The molecule has 0 aliphatic rings. The molecule has 2 nitrogen and oxygen atoms in total. The van der Waals surface area contributed by atoms with E-state index < -0.39 is 0 Å². The Kier molecular flexibility index (Phi) is 5.58. The monoisotopic (exact) mass is 270 g/mol. The average molecular weight is 271 g/mol. The molecule has 0 aliphatic heterocycles. The van der Waals surface area contributed by atoms with E-state index in [1.54, 1.807) is 0 Å². The molecule has 1 aromatic carbocycles. The topological polar surface area (TPSA) is 26.3 Å². The quantitative estimate of drug-likeness (QED) is 0.743. The molecule has 0 fully saturated rings. The second kappa shape index (κ2) is 6.75. The SMILES string of the molecule is CCOCCC(=O)Cc1ccccc1Br. The van der Waals surface area contributed by atoms with E-state index in [1.807, 2.05) is 31.2 Å². The van der Waals surface area contributed by atoms with Crippen LogP contribution in [-0.4, -0.2) is 19.0 Å². The first-order valence-electron chi connectivity index (χ1n) is 5.07. The maximum absolute atomic E-state index is 11.5. The van der Waals surface area contributed by atoms with Gasteiger partial charge in [-0.3, -0.25) is 4.79 Å². The van der Waals surface area contributed by atoms with Crippen molar-refractivity contribution in [2.24, 2.45) is 0 Å². The van der Waals surface area contributed by atoms with Crippen LogP contribution in [0.1, 0.15) is 18.9 Å². The fraction of sp³-hybridized carbons (Fsp3) is 0.417. The third-order valence-corrected chi connectivity index (χ3v) is 2.85. The molecule has 0 unspecified atom stereocenters. The Morgan fingerprint density at radius 3 is 2.80 bits per heavy atom. The highest BCUT2D eigenvalue weighted by Crippen LogP contribution is 2.16. The van der Waals surface area contributed by atoms with E-state index in [4.69, 9.17) is 4.74 Å². The molecule has 0 atom stereocenters. The molecule has 1 aromatic rings. The minimum absolute atomic E-state index is 0.218. The molecule has 0 heterocycles. The molecule has 0 aromatic heterocycles. The second-order valence-corrected chi connectivity index (χ2v) is 4.11. The smallest absolute Gasteiger partial charge is 0.139 e. The van der Waals surface area contributed by atoms with Crippen molar-refractivity contribution < 1.29 is 9.53 Å². The van der Waals surface area contributed by atoms with Crippen molar-refractivity contribution in [1.29, 1.82) is 0 Å². The van der Waals surface area contributed by atoms with Gasteiger partial charge in [-0.15, -0.1) is 0 Å². The summed E-state index contributed by atoms with van der Waals surface area (Å²) in [6.07, 6.45) is 0.976. The first kappa shape index (κ1) is 12.4. The molecule has 0 N–H and O–H groups in total. The highest BCUT2D eigenvalue weighted by molar-refractivity contribution is 9.10. The molecule has 0 amide bonds. The van der Waals surface area contributed by atoms with Crippen LogP contribution in [0.5, 0.6) is 0 Å². The van der Waals surface area contributed by atoms with E-state index in [0.29, 0.717) is 26.1 Å². The second-order valence-electron chi connectivity index (χ2n) is 3.25. The largest absolute Gasteiger partial charge is 0.381 e. The van der Waals surface area contributed by atoms with Crippen molar-refractivity contribution in [1.82, 2.24) is 0 Å². The molecule has 82 valence electrons. The summed E-state index contributed by atoms with van der Waals surface area (Å²) in [6.45, 7) is 3.13. The van der Waals surface area contributed by atoms with Crippen LogP contribution in [-0.2, 0) is 16.0 Å². The summed E-state index contributed by atoms with van der Waals surface area (Å²) in [4.78, 5) is 11.5. The Hall–Kier alpha value is -0.670. The number of benzene rings is 1. The molecule has 0 radical (unpaired) electrons. The number of halogens is 1. The standard InChI is InChI=1S/C12H15BrO2/c1-2-15-8-7-11(14)9-10-5-3-4-6-12(10)13/h3-6H,2,7-9H2,1H3. The van der Waals surface area contributed by atoms with Crippen molar-refractivity contribution in [3.05, 3.63) is 34.3 Å². The number of carbonyl (C=O) groups excluding carboxylic acids is 1. The summed E-state index contributed by atoms with van der Waals surface area (Å²) in [5.41, 5.74) is 1.04. The molecule has 0 aliphatic carbocycles. The van der Waals surface area contributed by atoms with Gasteiger partial charge in [0.25, 0.3) is 0 Å². The zero-order valence-corrected chi connectivity index (χ0v) is 10.4. The van der Waals surface area contributed by atoms with Gasteiger partial charge in [-0.05, 0) is 18.6 Å². The van der Waals surface area contributed by atoms with Crippen LogP contribution in [0.4, 0.5) is 0 Å². The van der Waals surface area contributed by atoms with Gasteiger partial charge in [-0.25, -0.2) is 0 Å². The number of hydrogen-bond donors (Lipinski definition) is 0. The number of rotatable bonds is 6. The van der Waals surface area contributed by atoms with Gasteiger partial charge in [0.05, 0.1) is 6.61 Å². The number of carbonyl (C=O) groups is 1. The Balaban J connectivity index is 2.41. The van der Waals surface area contributed by atoms with Gasteiger partial charge in [0, 0.05) is 23.9 Å². The summed E-state index contributed by atoms with van der Waals surface area (Å²) in [5.74, 6) is 0.218. The number of ether oxygens (including phenoxy) is 1. The van der Waals surface area contributed by atoms with Crippen LogP contribution in [0.2, 0.25) is 0 Å². The van der Waals surface area contributed by atoms with Gasteiger partial charge in [-0.2, -0.15) is 0 Å². The number of Topliss-reactive ketones (excluding diaryl/α,β-unsaturated/α-hetero) is 1. The predicted molar refractivity (Wildman–Crippen MR) is 64.0 cm³/mol. The third-order valence-electron chi connectivity index (χ3n) is 2.07. The van der Waals surface area contributed by atoms with E-state index in [2.05, 4.69) is 15.9 Å². The number of hydrogen-bond acceptors (Lipinski definition) is 2. The van der Waals surface area contributed by atoms with Crippen LogP contribution in [0.15, 0.2) is 28.7 Å². The van der Waals surface area contributed by atoms with E-state index in [1.165, 1.54) is 0 Å². The Morgan fingerprint density at radius 2 is 2.13 bits per heavy atom. The Labute approximate surface area is 98.8 Å². The average Bonchev–Trinajstić information content (AvgIpc) is 2.22. The molecular formula is C12H15BrO2. The molecule has 15 heavy (non-hydrogen) atoms. The summed E-state index contributed by atoms with van der Waals surface area (Å²) in [5, 5.41) is 0. The van der Waals surface area contributed by atoms with E-state index in [0.717, 1.165) is 10.0 Å². The minimum atomic E-state index is 0.218. The summed E-state index contributed by atoms with van der Waals surface area (Å²) >= 11 is 3.42.